The van der Waals surface area contributed by atoms with Gasteiger partial charge in [0.2, 0.25) is 0 Å². The summed E-state index contributed by atoms with van der Waals surface area (Å²) in [5.74, 6) is 0.604. The van der Waals surface area contributed by atoms with Gasteiger partial charge in [-0.2, -0.15) is 0 Å². The molecule has 1 atom stereocenters. The average molecular weight is 222 g/mol. The highest BCUT2D eigenvalue weighted by atomic mass is 16.3. The van der Waals surface area contributed by atoms with E-state index in [2.05, 4.69) is 10.3 Å². The summed E-state index contributed by atoms with van der Waals surface area (Å²) in [5, 5.41) is 21.0. The number of aryl methyl sites for hydroxylation is 1. The van der Waals surface area contributed by atoms with E-state index in [0.717, 1.165) is 11.2 Å². The van der Waals surface area contributed by atoms with Crippen LogP contribution in [-0.2, 0) is 0 Å². The van der Waals surface area contributed by atoms with Gasteiger partial charge in [-0.15, -0.1) is 0 Å². The lowest BCUT2D eigenvalue weighted by molar-refractivity contribution is 0.105. The third kappa shape index (κ3) is 2.15. The first-order valence-corrected chi connectivity index (χ1v) is 5.09. The zero-order valence-corrected chi connectivity index (χ0v) is 8.97. The summed E-state index contributed by atoms with van der Waals surface area (Å²) in [7, 11) is 0. The number of nitrogens with zero attached hydrogens (tertiary/aromatic N) is 1. The Kier molecular flexibility index (Phi) is 3.07. The fraction of sp³-hybridized carbons (Fsp3) is 0.364. The Morgan fingerprint density at radius 2 is 2.31 bits per heavy atom. The van der Waals surface area contributed by atoms with Crippen molar-refractivity contribution >= 4 is 16.8 Å². The van der Waals surface area contributed by atoms with Crippen molar-refractivity contribution in [2.45, 2.75) is 13.0 Å². The van der Waals surface area contributed by atoms with E-state index in [1.54, 1.807) is 6.92 Å². The maximum absolute atomic E-state index is 9.24. The minimum Gasteiger partial charge on any atom is -0.441 e. The number of para-hydroxylation sites is 1. The van der Waals surface area contributed by atoms with E-state index in [0.29, 0.717) is 11.5 Å². The molecule has 1 aromatic carbocycles. The molecule has 0 saturated heterocycles. The molecule has 0 aliphatic carbocycles. The summed E-state index contributed by atoms with van der Waals surface area (Å²) in [6, 6.07) is 5.54. The lowest BCUT2D eigenvalue weighted by Gasteiger charge is -2.09. The summed E-state index contributed by atoms with van der Waals surface area (Å²) >= 11 is 0. The van der Waals surface area contributed by atoms with Crippen LogP contribution in [0.4, 0.5) is 5.69 Å². The first-order chi connectivity index (χ1) is 7.70. The lowest BCUT2D eigenvalue weighted by Crippen LogP contribution is -2.22. The molecule has 16 heavy (non-hydrogen) atoms. The number of oxazole rings is 1. The molecule has 5 heteroatoms. The van der Waals surface area contributed by atoms with Crippen LogP contribution in [0.15, 0.2) is 22.6 Å². The minimum atomic E-state index is -0.775. The van der Waals surface area contributed by atoms with E-state index in [4.69, 9.17) is 9.52 Å². The van der Waals surface area contributed by atoms with Crippen molar-refractivity contribution in [2.24, 2.45) is 0 Å². The van der Waals surface area contributed by atoms with Crippen LogP contribution >= 0.6 is 0 Å². The molecule has 0 amide bonds. The number of hydrogen-bond acceptors (Lipinski definition) is 5. The van der Waals surface area contributed by atoms with Crippen molar-refractivity contribution in [1.29, 1.82) is 0 Å². The highest BCUT2D eigenvalue weighted by Gasteiger charge is 2.08. The second-order valence-electron chi connectivity index (χ2n) is 3.60. The molecule has 0 spiro atoms. The molecule has 1 aromatic heterocycles. The van der Waals surface area contributed by atoms with Crippen LogP contribution in [-0.4, -0.2) is 34.5 Å². The van der Waals surface area contributed by atoms with Gasteiger partial charge in [-0.05, 0) is 12.1 Å². The molecule has 5 nitrogen and oxygen atoms in total. The fourth-order valence-electron chi connectivity index (χ4n) is 1.49. The van der Waals surface area contributed by atoms with Gasteiger partial charge in [-0.1, -0.05) is 6.07 Å². The standard InChI is InChI=1S/C11H14N2O3/c1-7-13-11-9(12-5-8(15)6-14)3-2-4-10(11)16-7/h2-4,8,12,14-15H,5-6H2,1H3. The number of aromatic nitrogens is 1. The quantitative estimate of drug-likeness (QED) is 0.716. The Labute approximate surface area is 92.7 Å². The third-order valence-electron chi connectivity index (χ3n) is 2.26. The predicted molar refractivity (Wildman–Crippen MR) is 60.3 cm³/mol. The molecular formula is C11H14N2O3. The van der Waals surface area contributed by atoms with E-state index in [1.807, 2.05) is 18.2 Å². The van der Waals surface area contributed by atoms with E-state index >= 15 is 0 Å². The van der Waals surface area contributed by atoms with E-state index in [9.17, 15) is 5.11 Å². The summed E-state index contributed by atoms with van der Waals surface area (Å²) in [5.41, 5.74) is 2.24. The van der Waals surface area contributed by atoms with Gasteiger partial charge in [0.1, 0.15) is 5.52 Å². The molecule has 86 valence electrons. The Hall–Kier alpha value is -1.59. The zero-order valence-electron chi connectivity index (χ0n) is 8.97. The maximum atomic E-state index is 9.24. The van der Waals surface area contributed by atoms with E-state index in [-0.39, 0.29) is 13.2 Å². The van der Waals surface area contributed by atoms with Crippen LogP contribution in [0.3, 0.4) is 0 Å². The molecule has 0 radical (unpaired) electrons. The lowest BCUT2D eigenvalue weighted by atomic mass is 10.2. The number of nitrogens with one attached hydrogen (secondary N) is 1. The number of aliphatic hydroxyl groups excluding tert-OH is 2. The fourth-order valence-corrected chi connectivity index (χ4v) is 1.49. The van der Waals surface area contributed by atoms with E-state index < -0.39 is 6.10 Å². The summed E-state index contributed by atoms with van der Waals surface area (Å²) in [6.45, 7) is 1.80. The number of benzene rings is 1. The van der Waals surface area contributed by atoms with Gasteiger partial charge < -0.3 is 19.9 Å². The van der Waals surface area contributed by atoms with Gasteiger partial charge in [0.25, 0.3) is 0 Å². The molecule has 0 aliphatic heterocycles. The number of fused-ring (bicyclic) bond motifs is 1. The average Bonchev–Trinajstić information content (AvgIpc) is 2.66. The van der Waals surface area contributed by atoms with Gasteiger partial charge in [-0.25, -0.2) is 4.98 Å². The van der Waals surface area contributed by atoms with Crippen molar-refractivity contribution in [2.75, 3.05) is 18.5 Å². The SMILES string of the molecule is Cc1nc2c(NCC(O)CO)cccc2o1. The maximum Gasteiger partial charge on any atom is 0.192 e. The zero-order chi connectivity index (χ0) is 11.5. The number of aliphatic hydroxyl groups is 2. The Morgan fingerprint density at radius 3 is 3.06 bits per heavy atom. The van der Waals surface area contributed by atoms with Crippen molar-refractivity contribution in [3.63, 3.8) is 0 Å². The highest BCUT2D eigenvalue weighted by Crippen LogP contribution is 2.23. The van der Waals surface area contributed by atoms with Crippen LogP contribution in [0, 0.1) is 6.92 Å². The van der Waals surface area contributed by atoms with Gasteiger partial charge >= 0.3 is 0 Å². The highest BCUT2D eigenvalue weighted by molar-refractivity contribution is 5.86. The normalized spacial score (nSPS) is 12.9. The minimum absolute atomic E-state index is 0.263. The van der Waals surface area contributed by atoms with Crippen molar-refractivity contribution in [3.8, 4) is 0 Å². The van der Waals surface area contributed by atoms with Crippen LogP contribution < -0.4 is 5.32 Å². The van der Waals surface area contributed by atoms with Crippen molar-refractivity contribution in [1.82, 2.24) is 4.98 Å². The molecule has 1 unspecified atom stereocenters. The Morgan fingerprint density at radius 1 is 1.50 bits per heavy atom. The van der Waals surface area contributed by atoms with E-state index in [1.165, 1.54) is 0 Å². The van der Waals surface area contributed by atoms with Gasteiger partial charge in [0, 0.05) is 13.5 Å². The molecule has 0 saturated carbocycles. The van der Waals surface area contributed by atoms with Crippen molar-refractivity contribution in [3.05, 3.63) is 24.1 Å². The predicted octanol–water partition coefficient (Wildman–Crippen LogP) is 0.901. The summed E-state index contributed by atoms with van der Waals surface area (Å²) in [4.78, 5) is 4.24. The monoisotopic (exact) mass is 222 g/mol. The number of anilines is 1. The molecule has 1 heterocycles. The van der Waals surface area contributed by atoms with Gasteiger partial charge in [-0.3, -0.25) is 0 Å². The molecule has 2 rings (SSSR count). The first-order valence-electron chi connectivity index (χ1n) is 5.09. The van der Waals surface area contributed by atoms with Crippen molar-refractivity contribution < 1.29 is 14.6 Å². The number of rotatable bonds is 4. The third-order valence-corrected chi connectivity index (χ3v) is 2.26. The molecule has 0 fully saturated rings. The molecule has 2 aromatic rings. The largest absolute Gasteiger partial charge is 0.441 e. The molecule has 0 bridgehead atoms. The summed E-state index contributed by atoms with van der Waals surface area (Å²) in [6.07, 6.45) is -0.775. The summed E-state index contributed by atoms with van der Waals surface area (Å²) < 4.78 is 5.38. The van der Waals surface area contributed by atoms with Gasteiger partial charge in [0.15, 0.2) is 11.5 Å². The molecule has 0 aliphatic rings. The van der Waals surface area contributed by atoms with Crippen LogP contribution in [0.1, 0.15) is 5.89 Å². The van der Waals surface area contributed by atoms with Crippen LogP contribution in [0.25, 0.3) is 11.1 Å². The first kappa shape index (κ1) is 10.9. The van der Waals surface area contributed by atoms with Gasteiger partial charge in [0.05, 0.1) is 18.4 Å². The van der Waals surface area contributed by atoms with Crippen LogP contribution in [0.5, 0.6) is 0 Å². The second kappa shape index (κ2) is 4.51. The number of hydrogen-bond donors (Lipinski definition) is 3. The smallest absolute Gasteiger partial charge is 0.192 e. The topological polar surface area (TPSA) is 78.5 Å². The Bertz CT molecular complexity index is 481. The molecular weight excluding hydrogens is 208 g/mol. The van der Waals surface area contributed by atoms with Crippen LogP contribution in [0.2, 0.25) is 0 Å². The molecule has 3 N–H and O–H groups in total. The Balaban J connectivity index is 2.23. The second-order valence-corrected chi connectivity index (χ2v) is 3.60.